The molecule has 0 saturated carbocycles. The molecule has 0 aliphatic carbocycles. The Morgan fingerprint density at radius 3 is 2.25 bits per heavy atom. The molecular weight excluding hydrogens is 124 g/mol. The van der Waals surface area contributed by atoms with Crippen LogP contribution < -0.4 is 0 Å². The maximum Gasteiger partial charge on any atom is 0.0700 e. The lowest BCUT2D eigenvalue weighted by Gasteiger charge is -2.09. The van der Waals surface area contributed by atoms with E-state index in [1.165, 1.54) is 0 Å². The molecule has 0 rings (SSSR count). The van der Waals surface area contributed by atoms with Crippen molar-refractivity contribution in [1.82, 2.24) is 0 Å². The summed E-state index contributed by atoms with van der Waals surface area (Å²) in [5, 5.41) is 8.89. The molecular formula is C6H13ClO. The highest BCUT2D eigenvalue weighted by molar-refractivity contribution is 6.20. The molecule has 8 heavy (non-hydrogen) atoms. The second-order valence-corrected chi connectivity index (χ2v) is 2.72. The third-order valence-corrected chi connectivity index (χ3v) is 1.41. The van der Waals surface area contributed by atoms with E-state index in [1.807, 2.05) is 13.8 Å². The number of hydrogen-bond donors (Lipinski definition) is 1. The summed E-state index contributed by atoms with van der Waals surface area (Å²) >= 11 is 5.56. The van der Waals surface area contributed by atoms with Gasteiger partial charge in [0.2, 0.25) is 0 Å². The van der Waals surface area contributed by atoms with Gasteiger partial charge in [0.25, 0.3) is 0 Å². The quantitative estimate of drug-likeness (QED) is 0.587. The van der Waals surface area contributed by atoms with E-state index in [-0.39, 0.29) is 11.5 Å². The Labute approximate surface area is 55.7 Å². The minimum atomic E-state index is -0.318. The Morgan fingerprint density at radius 2 is 2.12 bits per heavy atom. The SMILES string of the molecule is CCCC(O)C(C)Cl. The van der Waals surface area contributed by atoms with Crippen LogP contribution in [0.3, 0.4) is 0 Å². The highest BCUT2D eigenvalue weighted by atomic mass is 35.5. The van der Waals surface area contributed by atoms with E-state index < -0.39 is 0 Å². The molecule has 2 unspecified atom stereocenters. The first-order chi connectivity index (χ1) is 3.68. The second kappa shape index (κ2) is 4.16. The van der Waals surface area contributed by atoms with Gasteiger partial charge in [0.15, 0.2) is 0 Å². The fourth-order valence-electron chi connectivity index (χ4n) is 0.525. The second-order valence-electron chi connectivity index (χ2n) is 2.03. The molecule has 0 amide bonds. The lowest BCUT2D eigenvalue weighted by atomic mass is 10.2. The largest absolute Gasteiger partial charge is 0.392 e. The van der Waals surface area contributed by atoms with Crippen molar-refractivity contribution in [1.29, 1.82) is 0 Å². The zero-order valence-electron chi connectivity index (χ0n) is 5.39. The summed E-state index contributed by atoms with van der Waals surface area (Å²) in [7, 11) is 0. The van der Waals surface area contributed by atoms with E-state index in [2.05, 4.69) is 0 Å². The molecule has 0 aliphatic heterocycles. The monoisotopic (exact) mass is 136 g/mol. The molecule has 0 bridgehead atoms. The van der Waals surface area contributed by atoms with Gasteiger partial charge in [-0.05, 0) is 13.3 Å². The van der Waals surface area contributed by atoms with Gasteiger partial charge in [0.05, 0.1) is 11.5 Å². The molecule has 0 radical (unpaired) electrons. The van der Waals surface area contributed by atoms with Gasteiger partial charge in [-0.15, -0.1) is 11.6 Å². The van der Waals surface area contributed by atoms with Crippen molar-refractivity contribution in [3.05, 3.63) is 0 Å². The average molecular weight is 137 g/mol. The van der Waals surface area contributed by atoms with Gasteiger partial charge in [-0.2, -0.15) is 0 Å². The van der Waals surface area contributed by atoms with Crippen molar-refractivity contribution >= 4 is 11.6 Å². The molecule has 0 saturated heterocycles. The van der Waals surface area contributed by atoms with Gasteiger partial charge in [-0.1, -0.05) is 13.3 Å². The van der Waals surface area contributed by atoms with Crippen LogP contribution >= 0.6 is 11.6 Å². The first-order valence-corrected chi connectivity index (χ1v) is 3.44. The Hall–Kier alpha value is 0.250. The van der Waals surface area contributed by atoms with E-state index in [0.29, 0.717) is 0 Å². The summed E-state index contributed by atoms with van der Waals surface area (Å²) in [6.45, 7) is 3.84. The molecule has 0 heterocycles. The van der Waals surface area contributed by atoms with Crippen LogP contribution in [0.1, 0.15) is 26.7 Å². The number of rotatable bonds is 3. The summed E-state index contributed by atoms with van der Waals surface area (Å²) in [6.07, 6.45) is 1.49. The average Bonchev–Trinajstić information content (AvgIpc) is 1.67. The van der Waals surface area contributed by atoms with Crippen molar-refractivity contribution in [2.45, 2.75) is 38.2 Å². The van der Waals surface area contributed by atoms with Crippen LogP contribution in [0.15, 0.2) is 0 Å². The summed E-state index contributed by atoms with van der Waals surface area (Å²) in [4.78, 5) is 0. The maximum absolute atomic E-state index is 8.99. The Morgan fingerprint density at radius 1 is 1.62 bits per heavy atom. The molecule has 2 heteroatoms. The topological polar surface area (TPSA) is 20.2 Å². The molecule has 2 atom stereocenters. The zero-order valence-corrected chi connectivity index (χ0v) is 6.15. The number of aliphatic hydroxyl groups excluding tert-OH is 1. The van der Waals surface area contributed by atoms with Gasteiger partial charge >= 0.3 is 0 Å². The third kappa shape index (κ3) is 3.28. The predicted octanol–water partition coefficient (Wildman–Crippen LogP) is 1.77. The molecule has 1 nitrogen and oxygen atoms in total. The van der Waals surface area contributed by atoms with Crippen LogP contribution in [-0.2, 0) is 0 Å². The zero-order chi connectivity index (χ0) is 6.57. The number of halogens is 1. The Kier molecular flexibility index (Phi) is 4.29. The molecule has 0 aromatic carbocycles. The molecule has 0 aromatic rings. The minimum absolute atomic E-state index is 0.102. The molecule has 0 aliphatic rings. The van der Waals surface area contributed by atoms with Crippen molar-refractivity contribution < 1.29 is 5.11 Å². The van der Waals surface area contributed by atoms with Crippen LogP contribution in [0.5, 0.6) is 0 Å². The van der Waals surface area contributed by atoms with Crippen molar-refractivity contribution in [3.63, 3.8) is 0 Å². The van der Waals surface area contributed by atoms with Crippen LogP contribution in [0.4, 0.5) is 0 Å². The Balaban J connectivity index is 3.17. The molecule has 1 N–H and O–H groups in total. The number of hydrogen-bond acceptors (Lipinski definition) is 1. The van der Waals surface area contributed by atoms with E-state index in [9.17, 15) is 0 Å². The van der Waals surface area contributed by atoms with E-state index in [4.69, 9.17) is 16.7 Å². The lowest BCUT2D eigenvalue weighted by Crippen LogP contribution is -2.16. The summed E-state index contributed by atoms with van der Waals surface area (Å²) < 4.78 is 0. The minimum Gasteiger partial charge on any atom is -0.392 e. The predicted molar refractivity (Wildman–Crippen MR) is 36.2 cm³/mol. The van der Waals surface area contributed by atoms with Crippen LogP contribution in [0.2, 0.25) is 0 Å². The molecule has 0 fully saturated rings. The van der Waals surface area contributed by atoms with Crippen LogP contribution in [0, 0.1) is 0 Å². The fourth-order valence-corrected chi connectivity index (χ4v) is 0.651. The van der Waals surface area contributed by atoms with E-state index >= 15 is 0 Å². The van der Waals surface area contributed by atoms with Crippen molar-refractivity contribution in [2.75, 3.05) is 0 Å². The summed E-state index contributed by atoms with van der Waals surface area (Å²) in [5.74, 6) is 0. The van der Waals surface area contributed by atoms with Crippen molar-refractivity contribution in [3.8, 4) is 0 Å². The van der Waals surface area contributed by atoms with E-state index in [0.717, 1.165) is 12.8 Å². The standard InChI is InChI=1S/C6H13ClO/c1-3-4-6(8)5(2)7/h5-6,8H,3-4H2,1-2H3. The molecule has 0 aromatic heterocycles. The van der Waals surface area contributed by atoms with Gasteiger partial charge in [-0.25, -0.2) is 0 Å². The van der Waals surface area contributed by atoms with Gasteiger partial charge in [0, 0.05) is 0 Å². The van der Waals surface area contributed by atoms with E-state index in [1.54, 1.807) is 0 Å². The van der Waals surface area contributed by atoms with Crippen LogP contribution in [0.25, 0.3) is 0 Å². The third-order valence-electron chi connectivity index (χ3n) is 1.11. The number of alkyl halides is 1. The van der Waals surface area contributed by atoms with Crippen molar-refractivity contribution in [2.24, 2.45) is 0 Å². The Bertz CT molecular complexity index is 54.5. The first kappa shape index (κ1) is 8.25. The molecule has 0 spiro atoms. The summed E-state index contributed by atoms with van der Waals surface area (Å²) in [6, 6.07) is 0. The lowest BCUT2D eigenvalue weighted by molar-refractivity contribution is 0.163. The van der Waals surface area contributed by atoms with Gasteiger partial charge in [0.1, 0.15) is 0 Å². The first-order valence-electron chi connectivity index (χ1n) is 3.00. The van der Waals surface area contributed by atoms with Gasteiger partial charge < -0.3 is 5.11 Å². The maximum atomic E-state index is 8.99. The molecule has 50 valence electrons. The summed E-state index contributed by atoms with van der Waals surface area (Å²) in [5.41, 5.74) is 0. The van der Waals surface area contributed by atoms with Crippen LogP contribution in [-0.4, -0.2) is 16.6 Å². The fraction of sp³-hybridized carbons (Fsp3) is 1.00. The smallest absolute Gasteiger partial charge is 0.0700 e. The highest BCUT2D eigenvalue weighted by Crippen LogP contribution is 2.06. The highest BCUT2D eigenvalue weighted by Gasteiger charge is 2.07. The number of aliphatic hydroxyl groups is 1. The normalized spacial score (nSPS) is 18.0. The van der Waals surface area contributed by atoms with Gasteiger partial charge in [-0.3, -0.25) is 0 Å².